The maximum absolute atomic E-state index is 14.2. The van der Waals surface area contributed by atoms with Crippen molar-refractivity contribution in [3.05, 3.63) is 116 Å². The zero-order chi connectivity index (χ0) is 25.2. The van der Waals surface area contributed by atoms with Crippen molar-refractivity contribution >= 4 is 23.1 Å². The predicted molar refractivity (Wildman–Crippen MR) is 134 cm³/mol. The Kier molecular flexibility index (Phi) is 6.26. The zero-order valence-electron chi connectivity index (χ0n) is 19.0. The Morgan fingerprint density at radius 3 is 2.47 bits per heavy atom. The number of nitrogens with zero attached hydrogens (tertiary/aromatic N) is 3. The molecule has 0 aliphatic rings. The number of halogens is 2. The lowest BCUT2D eigenvalue weighted by atomic mass is 10.1. The summed E-state index contributed by atoms with van der Waals surface area (Å²) < 4.78 is 29.6. The van der Waals surface area contributed by atoms with Gasteiger partial charge in [0.1, 0.15) is 28.7 Å². The second kappa shape index (κ2) is 9.67. The number of hydrogen-bond acceptors (Lipinski definition) is 5. The fraction of sp³-hybridized carbons (Fsp3) is 0.0769. The molecule has 10 heteroatoms. The number of aromatic amines is 1. The Hall–Kier alpha value is -4.44. The summed E-state index contributed by atoms with van der Waals surface area (Å²) in [6, 6.07) is 17.9. The number of aryl methyl sites for hydroxylation is 1. The third-order valence-electron chi connectivity index (χ3n) is 5.55. The van der Waals surface area contributed by atoms with Crippen LogP contribution in [0.2, 0.25) is 0 Å². The Morgan fingerprint density at radius 2 is 1.81 bits per heavy atom. The van der Waals surface area contributed by atoms with E-state index < -0.39 is 23.1 Å². The molecule has 7 nitrogen and oxygen atoms in total. The van der Waals surface area contributed by atoms with Crippen LogP contribution in [-0.2, 0) is 6.42 Å². The van der Waals surface area contributed by atoms with Gasteiger partial charge in [0, 0.05) is 18.1 Å². The van der Waals surface area contributed by atoms with Gasteiger partial charge in [-0.15, -0.1) is 11.3 Å². The number of thiophene rings is 1. The molecule has 1 amide bonds. The summed E-state index contributed by atoms with van der Waals surface area (Å²) in [5.41, 5.74) is 1.35. The van der Waals surface area contributed by atoms with Gasteiger partial charge in [0.2, 0.25) is 5.95 Å². The SMILES string of the molecule is Cc1nc(-n2nc(-c3cccs3)cc2NC(=O)c2c(F)cccc2F)[nH]c(=O)c1Cc1ccccc1. The number of benzene rings is 2. The molecule has 0 aliphatic heterocycles. The van der Waals surface area contributed by atoms with Gasteiger partial charge < -0.3 is 5.32 Å². The number of aromatic nitrogens is 4. The molecule has 2 aromatic carbocycles. The van der Waals surface area contributed by atoms with Crippen molar-refractivity contribution in [2.75, 3.05) is 5.32 Å². The van der Waals surface area contributed by atoms with Crippen LogP contribution in [0.4, 0.5) is 14.6 Å². The fourth-order valence-electron chi connectivity index (χ4n) is 3.77. The quantitative estimate of drug-likeness (QED) is 0.337. The molecule has 0 radical (unpaired) electrons. The van der Waals surface area contributed by atoms with Gasteiger partial charge in [-0.1, -0.05) is 42.5 Å². The van der Waals surface area contributed by atoms with Crippen LogP contribution in [0.25, 0.3) is 16.5 Å². The van der Waals surface area contributed by atoms with Gasteiger partial charge in [-0.3, -0.25) is 14.6 Å². The van der Waals surface area contributed by atoms with Gasteiger partial charge in [-0.05, 0) is 36.1 Å². The minimum absolute atomic E-state index is 0.0569. The standard InChI is InChI=1S/C26H19F2N5O2S/c1-15-17(13-16-7-3-2-4-8-16)24(34)31-26(29-15)33-22(14-20(32-33)21-11-6-12-36-21)30-25(35)23-18(27)9-5-10-19(23)28/h2-12,14H,13H2,1H3,(H,30,35)(H,29,31,34). The van der Waals surface area contributed by atoms with E-state index in [0.29, 0.717) is 23.4 Å². The number of amides is 1. The highest BCUT2D eigenvalue weighted by atomic mass is 32.1. The first-order valence-electron chi connectivity index (χ1n) is 10.9. The highest BCUT2D eigenvalue weighted by Crippen LogP contribution is 2.28. The van der Waals surface area contributed by atoms with Crippen molar-refractivity contribution in [1.82, 2.24) is 19.7 Å². The molecular formula is C26H19F2N5O2S. The van der Waals surface area contributed by atoms with E-state index in [1.165, 1.54) is 22.1 Å². The van der Waals surface area contributed by atoms with Crippen molar-refractivity contribution in [1.29, 1.82) is 0 Å². The molecule has 5 rings (SSSR count). The highest BCUT2D eigenvalue weighted by molar-refractivity contribution is 7.13. The average Bonchev–Trinajstić information content (AvgIpc) is 3.52. The molecule has 0 atom stereocenters. The number of anilines is 1. The third-order valence-corrected chi connectivity index (χ3v) is 6.44. The summed E-state index contributed by atoms with van der Waals surface area (Å²) in [5.74, 6) is -2.84. The van der Waals surface area contributed by atoms with Gasteiger partial charge in [-0.25, -0.2) is 13.8 Å². The number of rotatable bonds is 6. The summed E-state index contributed by atoms with van der Waals surface area (Å²) in [6.45, 7) is 1.72. The molecule has 0 fully saturated rings. The summed E-state index contributed by atoms with van der Waals surface area (Å²) in [5, 5.41) is 8.87. The Balaban J connectivity index is 1.56. The van der Waals surface area contributed by atoms with Crippen LogP contribution < -0.4 is 10.9 Å². The van der Waals surface area contributed by atoms with Crippen LogP contribution in [0.3, 0.4) is 0 Å². The molecule has 0 aliphatic carbocycles. The van der Waals surface area contributed by atoms with E-state index in [2.05, 4.69) is 20.4 Å². The monoisotopic (exact) mass is 503 g/mol. The second-order valence-corrected chi connectivity index (χ2v) is 8.92. The zero-order valence-corrected chi connectivity index (χ0v) is 19.8. The van der Waals surface area contributed by atoms with Crippen LogP contribution in [0.15, 0.2) is 76.9 Å². The molecule has 3 heterocycles. The van der Waals surface area contributed by atoms with Crippen molar-refractivity contribution < 1.29 is 13.6 Å². The minimum Gasteiger partial charge on any atom is -0.306 e. The number of carbonyl (C=O) groups is 1. The van der Waals surface area contributed by atoms with Crippen molar-refractivity contribution in [2.45, 2.75) is 13.3 Å². The predicted octanol–water partition coefficient (Wildman–Crippen LogP) is 5.11. The van der Waals surface area contributed by atoms with E-state index in [0.717, 1.165) is 22.6 Å². The van der Waals surface area contributed by atoms with Gasteiger partial charge in [-0.2, -0.15) is 9.78 Å². The van der Waals surface area contributed by atoms with E-state index in [4.69, 9.17) is 0 Å². The first-order chi connectivity index (χ1) is 17.4. The Morgan fingerprint density at radius 1 is 1.06 bits per heavy atom. The number of H-pyrrole nitrogens is 1. The molecule has 0 saturated carbocycles. The topological polar surface area (TPSA) is 92.7 Å². The van der Waals surface area contributed by atoms with Gasteiger partial charge in [0.25, 0.3) is 11.5 Å². The lowest BCUT2D eigenvalue weighted by molar-refractivity contribution is 0.101. The van der Waals surface area contributed by atoms with Crippen LogP contribution in [-0.4, -0.2) is 25.7 Å². The second-order valence-electron chi connectivity index (χ2n) is 7.97. The maximum Gasteiger partial charge on any atom is 0.262 e. The maximum atomic E-state index is 14.2. The van der Waals surface area contributed by atoms with Crippen LogP contribution in [0.1, 0.15) is 27.2 Å². The van der Waals surface area contributed by atoms with Crippen LogP contribution in [0, 0.1) is 18.6 Å². The molecule has 3 aromatic heterocycles. The third kappa shape index (κ3) is 4.58. The summed E-state index contributed by atoms with van der Waals surface area (Å²) in [7, 11) is 0. The first-order valence-corrected chi connectivity index (χ1v) is 11.8. The van der Waals surface area contributed by atoms with E-state index in [1.807, 2.05) is 47.8 Å². The molecule has 180 valence electrons. The van der Waals surface area contributed by atoms with Gasteiger partial charge in [0.15, 0.2) is 0 Å². The Bertz CT molecular complexity index is 1590. The average molecular weight is 504 g/mol. The highest BCUT2D eigenvalue weighted by Gasteiger charge is 2.22. The van der Waals surface area contributed by atoms with Crippen LogP contribution >= 0.6 is 11.3 Å². The lowest BCUT2D eigenvalue weighted by Gasteiger charge is -2.11. The molecular weight excluding hydrogens is 484 g/mol. The van der Waals surface area contributed by atoms with Crippen molar-refractivity contribution in [2.24, 2.45) is 0 Å². The molecule has 0 spiro atoms. The van der Waals surface area contributed by atoms with Crippen molar-refractivity contribution in [3.63, 3.8) is 0 Å². The summed E-state index contributed by atoms with van der Waals surface area (Å²) in [4.78, 5) is 33.8. The lowest BCUT2D eigenvalue weighted by Crippen LogP contribution is -2.23. The largest absolute Gasteiger partial charge is 0.306 e. The molecule has 5 aromatic rings. The summed E-state index contributed by atoms with van der Waals surface area (Å²) in [6.07, 6.45) is 0.394. The molecule has 0 bridgehead atoms. The van der Waals surface area contributed by atoms with E-state index in [-0.39, 0.29) is 17.3 Å². The van der Waals surface area contributed by atoms with Gasteiger partial charge in [0.05, 0.1) is 10.6 Å². The Labute approximate surface area is 208 Å². The molecule has 2 N–H and O–H groups in total. The van der Waals surface area contributed by atoms with E-state index >= 15 is 0 Å². The fourth-order valence-corrected chi connectivity index (χ4v) is 4.46. The van der Waals surface area contributed by atoms with Gasteiger partial charge >= 0.3 is 0 Å². The molecule has 0 unspecified atom stereocenters. The van der Waals surface area contributed by atoms with Crippen LogP contribution in [0.5, 0.6) is 0 Å². The van der Waals surface area contributed by atoms with E-state index in [1.54, 1.807) is 13.0 Å². The smallest absolute Gasteiger partial charge is 0.262 e. The number of nitrogens with one attached hydrogen (secondary N) is 2. The minimum atomic E-state index is -0.996. The number of hydrogen-bond donors (Lipinski definition) is 2. The van der Waals surface area contributed by atoms with Crippen molar-refractivity contribution in [3.8, 4) is 16.5 Å². The molecule has 36 heavy (non-hydrogen) atoms. The number of carbonyl (C=O) groups excluding carboxylic acids is 1. The molecule has 0 saturated heterocycles. The normalized spacial score (nSPS) is 11.0. The van der Waals surface area contributed by atoms with E-state index in [9.17, 15) is 18.4 Å². The first kappa shape index (κ1) is 23.3. The summed E-state index contributed by atoms with van der Waals surface area (Å²) >= 11 is 1.42.